The molecule has 1 aromatic rings. The van der Waals surface area contributed by atoms with E-state index in [4.69, 9.17) is 14.2 Å². The van der Waals surface area contributed by atoms with Gasteiger partial charge in [-0.3, -0.25) is 0 Å². The highest BCUT2D eigenvalue weighted by atomic mass is 16.5. The Morgan fingerprint density at radius 1 is 1.10 bits per heavy atom. The van der Waals surface area contributed by atoms with Gasteiger partial charge in [0.2, 0.25) is 0 Å². The van der Waals surface area contributed by atoms with E-state index in [-0.39, 0.29) is 5.54 Å². The molecule has 0 aliphatic carbocycles. The molecule has 114 valence electrons. The molecule has 1 N–H and O–H groups in total. The van der Waals surface area contributed by atoms with E-state index in [1.54, 1.807) is 14.2 Å². The van der Waals surface area contributed by atoms with Crippen molar-refractivity contribution >= 4 is 0 Å². The number of ether oxygens (including phenoxy) is 3. The van der Waals surface area contributed by atoms with Crippen LogP contribution in [0.25, 0.3) is 0 Å². The first-order valence-electron chi connectivity index (χ1n) is 7.00. The average molecular weight is 281 g/mol. The normalized spacial score (nSPS) is 11.4. The van der Waals surface area contributed by atoms with Crippen LogP contribution in [0.15, 0.2) is 18.2 Å². The van der Waals surface area contributed by atoms with Crippen LogP contribution in [-0.2, 0) is 11.3 Å². The minimum Gasteiger partial charge on any atom is -0.497 e. The van der Waals surface area contributed by atoms with Crippen LogP contribution in [0.1, 0.15) is 32.8 Å². The lowest BCUT2D eigenvalue weighted by atomic mass is 10.1. The highest BCUT2D eigenvalue weighted by molar-refractivity contribution is 5.40. The second-order valence-electron chi connectivity index (χ2n) is 5.77. The monoisotopic (exact) mass is 281 g/mol. The van der Waals surface area contributed by atoms with Gasteiger partial charge in [-0.2, -0.15) is 0 Å². The van der Waals surface area contributed by atoms with E-state index in [1.165, 1.54) is 0 Å². The summed E-state index contributed by atoms with van der Waals surface area (Å²) in [6.07, 6.45) is 0.875. The molecule has 0 bridgehead atoms. The van der Waals surface area contributed by atoms with Gasteiger partial charge in [-0.25, -0.2) is 0 Å². The summed E-state index contributed by atoms with van der Waals surface area (Å²) < 4.78 is 16.1. The number of benzene rings is 1. The summed E-state index contributed by atoms with van der Waals surface area (Å²) >= 11 is 0. The number of rotatable bonds is 8. The molecule has 20 heavy (non-hydrogen) atoms. The lowest BCUT2D eigenvalue weighted by molar-refractivity contribution is 0.171. The van der Waals surface area contributed by atoms with Gasteiger partial charge in [-0.15, -0.1) is 0 Å². The summed E-state index contributed by atoms with van der Waals surface area (Å²) in [5.74, 6) is 1.68. The minimum atomic E-state index is 0.0766. The lowest BCUT2D eigenvalue weighted by Crippen LogP contribution is -2.35. The van der Waals surface area contributed by atoms with Crippen molar-refractivity contribution in [3.8, 4) is 11.5 Å². The fourth-order valence-electron chi connectivity index (χ4n) is 1.69. The largest absolute Gasteiger partial charge is 0.497 e. The van der Waals surface area contributed by atoms with Crippen LogP contribution in [0.4, 0.5) is 0 Å². The zero-order valence-electron chi connectivity index (χ0n) is 13.3. The maximum absolute atomic E-state index is 5.85. The number of nitrogens with one attached hydrogen (secondary N) is 1. The summed E-state index contributed by atoms with van der Waals surface area (Å²) in [5, 5.41) is 3.47. The van der Waals surface area contributed by atoms with Crippen LogP contribution in [0.5, 0.6) is 11.5 Å². The van der Waals surface area contributed by atoms with Crippen molar-refractivity contribution in [1.82, 2.24) is 5.32 Å². The van der Waals surface area contributed by atoms with Crippen LogP contribution >= 0.6 is 0 Å². The summed E-state index contributed by atoms with van der Waals surface area (Å²) in [4.78, 5) is 0. The predicted octanol–water partition coefficient (Wildman–Crippen LogP) is 3.00. The molecule has 1 rings (SSSR count). The van der Waals surface area contributed by atoms with Gasteiger partial charge in [0.15, 0.2) is 0 Å². The Bertz CT molecular complexity index is 399. The van der Waals surface area contributed by atoms with Crippen molar-refractivity contribution < 1.29 is 14.2 Å². The third kappa shape index (κ3) is 6.26. The van der Waals surface area contributed by atoms with E-state index in [0.29, 0.717) is 13.2 Å². The summed E-state index contributed by atoms with van der Waals surface area (Å²) in [6.45, 7) is 8.57. The van der Waals surface area contributed by atoms with Gasteiger partial charge in [-0.05, 0) is 26.8 Å². The quantitative estimate of drug-likeness (QED) is 0.744. The second-order valence-corrected chi connectivity index (χ2v) is 5.77. The van der Waals surface area contributed by atoms with Crippen LogP contribution in [-0.4, -0.2) is 33.0 Å². The maximum atomic E-state index is 5.85. The topological polar surface area (TPSA) is 39.7 Å². The van der Waals surface area contributed by atoms with E-state index >= 15 is 0 Å². The van der Waals surface area contributed by atoms with Crippen molar-refractivity contribution in [2.75, 3.05) is 27.4 Å². The molecule has 0 aliphatic rings. The van der Waals surface area contributed by atoms with Gasteiger partial charge in [0, 0.05) is 43.9 Å². The SMILES string of the molecule is COCCCOc1cc(OC)ccc1CNC(C)(C)C. The Morgan fingerprint density at radius 3 is 2.45 bits per heavy atom. The first kappa shape index (κ1) is 16.8. The number of hydrogen-bond donors (Lipinski definition) is 1. The van der Waals surface area contributed by atoms with Crippen molar-refractivity contribution in [2.45, 2.75) is 39.3 Å². The molecule has 0 atom stereocenters. The first-order chi connectivity index (χ1) is 9.46. The zero-order valence-corrected chi connectivity index (χ0v) is 13.3. The number of methoxy groups -OCH3 is 2. The van der Waals surface area contributed by atoms with Crippen molar-refractivity contribution in [3.63, 3.8) is 0 Å². The molecule has 0 spiro atoms. The zero-order chi connectivity index (χ0) is 15.0. The lowest BCUT2D eigenvalue weighted by Gasteiger charge is -2.22. The van der Waals surface area contributed by atoms with Gasteiger partial charge in [0.25, 0.3) is 0 Å². The van der Waals surface area contributed by atoms with E-state index in [9.17, 15) is 0 Å². The molecule has 0 fully saturated rings. The third-order valence-electron chi connectivity index (χ3n) is 2.83. The van der Waals surface area contributed by atoms with Gasteiger partial charge in [-0.1, -0.05) is 6.07 Å². The van der Waals surface area contributed by atoms with Crippen LogP contribution in [0.3, 0.4) is 0 Å². The Balaban J connectivity index is 2.70. The molecule has 0 saturated heterocycles. The van der Waals surface area contributed by atoms with Gasteiger partial charge in [0.05, 0.1) is 13.7 Å². The second kappa shape index (κ2) is 8.12. The molecule has 4 nitrogen and oxygen atoms in total. The molecule has 0 radical (unpaired) electrons. The maximum Gasteiger partial charge on any atom is 0.127 e. The Hall–Kier alpha value is -1.26. The Morgan fingerprint density at radius 2 is 1.85 bits per heavy atom. The van der Waals surface area contributed by atoms with E-state index in [2.05, 4.69) is 26.1 Å². The first-order valence-corrected chi connectivity index (χ1v) is 7.00. The van der Waals surface area contributed by atoms with Crippen LogP contribution < -0.4 is 14.8 Å². The van der Waals surface area contributed by atoms with E-state index < -0.39 is 0 Å². The molecule has 1 aromatic carbocycles. The van der Waals surface area contributed by atoms with Crippen LogP contribution in [0, 0.1) is 0 Å². The standard InChI is InChI=1S/C16H27NO3/c1-16(2,3)17-12-13-7-8-14(19-5)11-15(13)20-10-6-9-18-4/h7-8,11,17H,6,9-10,12H2,1-5H3. The van der Waals surface area contributed by atoms with Crippen molar-refractivity contribution in [3.05, 3.63) is 23.8 Å². The Labute approximate surface area is 122 Å². The average Bonchev–Trinajstić information content (AvgIpc) is 2.41. The summed E-state index contributed by atoms with van der Waals surface area (Å²) in [7, 11) is 3.36. The summed E-state index contributed by atoms with van der Waals surface area (Å²) in [6, 6.07) is 5.94. The highest BCUT2D eigenvalue weighted by Gasteiger charge is 2.12. The molecule has 4 heteroatoms. The molecular weight excluding hydrogens is 254 g/mol. The molecular formula is C16H27NO3. The molecule has 0 amide bonds. The fourth-order valence-corrected chi connectivity index (χ4v) is 1.69. The van der Waals surface area contributed by atoms with Crippen molar-refractivity contribution in [2.24, 2.45) is 0 Å². The molecule has 0 aromatic heterocycles. The number of hydrogen-bond acceptors (Lipinski definition) is 4. The van der Waals surface area contributed by atoms with Crippen molar-refractivity contribution in [1.29, 1.82) is 0 Å². The fraction of sp³-hybridized carbons (Fsp3) is 0.625. The van der Waals surface area contributed by atoms with E-state index in [0.717, 1.165) is 30.0 Å². The predicted molar refractivity (Wildman–Crippen MR) is 81.6 cm³/mol. The smallest absolute Gasteiger partial charge is 0.127 e. The van der Waals surface area contributed by atoms with Gasteiger partial charge in [0.1, 0.15) is 11.5 Å². The summed E-state index contributed by atoms with van der Waals surface area (Å²) in [5.41, 5.74) is 1.21. The molecule has 0 aliphatic heterocycles. The van der Waals surface area contributed by atoms with Crippen LogP contribution in [0.2, 0.25) is 0 Å². The molecule has 0 unspecified atom stereocenters. The Kier molecular flexibility index (Phi) is 6.82. The van der Waals surface area contributed by atoms with Gasteiger partial charge < -0.3 is 19.5 Å². The highest BCUT2D eigenvalue weighted by Crippen LogP contribution is 2.25. The third-order valence-corrected chi connectivity index (χ3v) is 2.83. The minimum absolute atomic E-state index is 0.0766. The van der Waals surface area contributed by atoms with E-state index in [1.807, 2.05) is 18.2 Å². The molecule has 0 saturated carbocycles. The van der Waals surface area contributed by atoms with Gasteiger partial charge >= 0.3 is 0 Å². The molecule has 0 heterocycles.